The average molecular weight is 1140 g/mol. The molecule has 0 radical (unpaired) electrons. The maximum absolute atomic E-state index is 7.54. The molecule has 8 aromatic carbocycles. The summed E-state index contributed by atoms with van der Waals surface area (Å²) in [6.45, 7) is 19.8. The molecule has 0 saturated carbocycles. The third-order valence-corrected chi connectivity index (χ3v) is 16.3. The van der Waals surface area contributed by atoms with E-state index in [0.717, 1.165) is 28.2 Å². The number of rotatable bonds is 8. The molecule has 0 unspecified atom stereocenters. The molecule has 3 nitrogen and oxygen atoms in total. The molecule has 0 amide bonds. The van der Waals surface area contributed by atoms with E-state index in [1.165, 1.54) is 110 Å². The van der Waals surface area contributed by atoms with Crippen molar-refractivity contribution in [1.29, 1.82) is 0 Å². The van der Waals surface area contributed by atoms with E-state index >= 15 is 0 Å². The quantitative estimate of drug-likeness (QED) is 0.126. The zero-order valence-electron chi connectivity index (χ0n) is 44.2. The van der Waals surface area contributed by atoms with E-state index in [0.29, 0.717) is 11.5 Å². The van der Waals surface area contributed by atoms with Crippen molar-refractivity contribution in [3.63, 3.8) is 0 Å². The van der Waals surface area contributed by atoms with Crippen LogP contribution in [-0.4, -0.2) is 36.8 Å². The van der Waals surface area contributed by atoms with Crippen molar-refractivity contribution in [3.8, 4) is 34.0 Å². The first-order valence-electron chi connectivity index (χ1n) is 26.1. The van der Waals surface area contributed by atoms with Crippen LogP contribution in [0.4, 0.5) is 0 Å². The van der Waals surface area contributed by atoms with Crippen molar-refractivity contribution in [3.05, 3.63) is 238 Å². The Kier molecular flexibility index (Phi) is 13.4. The predicted molar refractivity (Wildman–Crippen MR) is 317 cm³/mol. The van der Waals surface area contributed by atoms with Gasteiger partial charge >= 0.3 is 21.1 Å². The zero-order chi connectivity index (χ0) is 50.9. The third kappa shape index (κ3) is 8.58. The van der Waals surface area contributed by atoms with Crippen LogP contribution in [0.2, 0.25) is 0 Å². The fourth-order valence-corrected chi connectivity index (χ4v) is 13.2. The average Bonchev–Trinajstić information content (AvgIpc) is 3.39. The molecule has 8 heteroatoms. The smallest absolute Gasteiger partial charge is 0.497 e. The van der Waals surface area contributed by atoms with Crippen LogP contribution in [0.5, 0.6) is 11.5 Å². The molecule has 2 aliphatic heterocycles. The summed E-state index contributed by atoms with van der Waals surface area (Å²) in [5.41, 5.74) is 29.9. The summed E-state index contributed by atoms with van der Waals surface area (Å²) in [5, 5.41) is 0. The molecule has 4 heterocycles. The fourth-order valence-electron chi connectivity index (χ4n) is 13.2. The van der Waals surface area contributed by atoms with Gasteiger partial charge in [-0.05, 0) is 85.8 Å². The summed E-state index contributed by atoms with van der Waals surface area (Å²) in [7, 11) is 0. The largest absolute Gasteiger partial charge is 2.00 e. The summed E-state index contributed by atoms with van der Waals surface area (Å²) in [4.78, 5) is 10.4. The fraction of sp³-hybridized carbons (Fsp3) is 0.134. The number of pyridine rings is 2. The Morgan fingerprint density at radius 2 is 0.667 bits per heavy atom. The summed E-state index contributed by atoms with van der Waals surface area (Å²) in [6, 6.07) is 70.1. The van der Waals surface area contributed by atoms with Crippen molar-refractivity contribution in [1.82, 2.24) is 9.97 Å². The molecule has 12 rings (SSSR count). The van der Waals surface area contributed by atoms with Gasteiger partial charge in [0.1, 0.15) is 0 Å². The predicted octanol–water partition coefficient (Wildman–Crippen LogP) is 6.67. The Morgan fingerprint density at radius 3 is 1.04 bits per heavy atom. The first-order valence-corrected chi connectivity index (χ1v) is 26.1. The van der Waals surface area contributed by atoms with Gasteiger partial charge in [0.2, 0.25) is 13.4 Å². The molecule has 0 fully saturated rings. The van der Waals surface area contributed by atoms with Gasteiger partial charge in [-0.15, -0.1) is 34.2 Å². The Morgan fingerprint density at radius 1 is 0.333 bits per heavy atom. The van der Waals surface area contributed by atoms with Crippen LogP contribution in [0.25, 0.3) is 22.5 Å². The Hall–Kier alpha value is -7.19. The molecule has 0 N–H and O–H groups in total. The van der Waals surface area contributed by atoms with Gasteiger partial charge in [-0.2, -0.15) is 10.9 Å². The van der Waals surface area contributed by atoms with Crippen molar-refractivity contribution in [2.75, 3.05) is 0 Å². The van der Waals surface area contributed by atoms with Crippen molar-refractivity contribution < 1.29 is 25.8 Å². The number of ether oxygens (including phenoxy) is 1. The molecule has 2 aliphatic rings. The zero-order valence-corrected chi connectivity index (χ0v) is 46.4. The molecule has 75 heavy (non-hydrogen) atoms. The van der Waals surface area contributed by atoms with E-state index in [9.17, 15) is 0 Å². The molecule has 2 aromatic heterocycles. The van der Waals surface area contributed by atoms with Crippen molar-refractivity contribution in [2.45, 2.75) is 62.3 Å². The van der Waals surface area contributed by atoms with Crippen LogP contribution in [-0.2, 0) is 21.1 Å². The van der Waals surface area contributed by atoms with Gasteiger partial charge in [0.05, 0.1) is 0 Å². The Labute approximate surface area is 459 Å². The standard InChI is InChI=1S/C67H56B4N2O.Pt/c1-41-21-16-22-42(2)62(41)68-54-30-10-12-32-56(54)70(64-45(5)25-18-26-46(64)6)66-52(60-34-14-15-36-72-60)37-50(39-58(66)68)74-51-38-53(61-35-20-29-49(9)73-61)67-59(40-51)69(63-43(3)23-17-24-44(63)4)55-31-11-13-33-57(55)71(67)65-47(7)27-19-28-48(65)8;/h10-36,39-40H,1-9H3;/q-2;+2. The van der Waals surface area contributed by atoms with E-state index in [1.54, 1.807) is 0 Å². The van der Waals surface area contributed by atoms with Crippen LogP contribution in [0, 0.1) is 74.4 Å². The molecule has 0 bridgehead atoms. The minimum Gasteiger partial charge on any atom is -0.497 e. The van der Waals surface area contributed by atoms with Gasteiger partial charge in [0, 0.05) is 23.4 Å². The van der Waals surface area contributed by atoms with Gasteiger partial charge in [0.15, 0.2) is 13.4 Å². The van der Waals surface area contributed by atoms with Crippen LogP contribution in [0.1, 0.15) is 50.2 Å². The first kappa shape index (κ1) is 50.0. The number of nitrogens with zero attached hydrogens (tertiary/aromatic N) is 2. The second-order valence-corrected chi connectivity index (χ2v) is 20.9. The van der Waals surface area contributed by atoms with E-state index in [2.05, 4.69) is 238 Å². The SMILES string of the molecule is Cc1cccc(-c2[c-]c(Oc3[c-]c(-c4ccccn4)c4c(c3)B(c3c(C)cccc3C)c3ccccc3B4c3c(C)cccc3C)cc3c2B(c2c(C)cccc2C)c2ccccc2B3c2c(C)cccc2C)n1.[Pt+2]. The number of hydrogen-bond donors (Lipinski definition) is 0. The minimum absolute atomic E-state index is 0. The van der Waals surface area contributed by atoms with Gasteiger partial charge in [-0.25, -0.2) is 0 Å². The summed E-state index contributed by atoms with van der Waals surface area (Å²) in [6.07, 6.45) is 1.90. The Balaban J connectivity index is 0.00000602. The maximum Gasteiger partial charge on any atom is 2.00 e. The number of hydrogen-bond acceptors (Lipinski definition) is 3. The molecule has 0 spiro atoms. The molecule has 362 valence electrons. The van der Waals surface area contributed by atoms with Crippen LogP contribution in [0.15, 0.2) is 176 Å². The summed E-state index contributed by atoms with van der Waals surface area (Å²) < 4.78 is 7.54. The normalized spacial score (nSPS) is 12.4. The summed E-state index contributed by atoms with van der Waals surface area (Å²) in [5.74, 6) is 1.23. The van der Waals surface area contributed by atoms with Crippen LogP contribution < -0.4 is 70.3 Å². The number of fused-ring (bicyclic) bond motifs is 4. The van der Waals surface area contributed by atoms with Crippen molar-refractivity contribution in [2.24, 2.45) is 0 Å². The van der Waals surface area contributed by atoms with E-state index < -0.39 is 0 Å². The van der Waals surface area contributed by atoms with Gasteiger partial charge < -0.3 is 14.7 Å². The molecule has 10 aromatic rings. The molecular weight excluding hydrogens is 1090 g/mol. The van der Waals surface area contributed by atoms with Gasteiger partial charge in [0.25, 0.3) is 0 Å². The molecular formula is C67H56B4N2OPt. The van der Waals surface area contributed by atoms with E-state index in [4.69, 9.17) is 14.7 Å². The number of benzene rings is 8. The van der Waals surface area contributed by atoms with Crippen LogP contribution >= 0.6 is 0 Å². The van der Waals surface area contributed by atoms with Gasteiger partial charge in [-0.1, -0.05) is 246 Å². The second-order valence-electron chi connectivity index (χ2n) is 20.9. The van der Waals surface area contributed by atoms with Crippen LogP contribution in [0.3, 0.4) is 0 Å². The maximum atomic E-state index is 7.54. The monoisotopic (exact) mass is 1140 g/mol. The molecule has 0 atom stereocenters. The molecule has 0 aliphatic carbocycles. The van der Waals surface area contributed by atoms with E-state index in [-0.39, 0.29) is 47.9 Å². The minimum atomic E-state index is -0.0944. The topological polar surface area (TPSA) is 35.0 Å². The van der Waals surface area contributed by atoms with Gasteiger partial charge in [-0.3, -0.25) is 0 Å². The molecule has 0 saturated heterocycles. The Bertz CT molecular complexity index is 3790. The van der Waals surface area contributed by atoms with E-state index in [1.807, 2.05) is 12.3 Å². The van der Waals surface area contributed by atoms with Crippen molar-refractivity contribution >= 4 is 92.4 Å². The third-order valence-electron chi connectivity index (χ3n) is 16.3. The summed E-state index contributed by atoms with van der Waals surface area (Å²) >= 11 is 0. The second kappa shape index (κ2) is 20.2. The number of aromatic nitrogens is 2. The first-order chi connectivity index (χ1) is 36.0. The number of aryl methyl sites for hydroxylation is 9.